The van der Waals surface area contributed by atoms with Crippen molar-refractivity contribution in [1.29, 1.82) is 0 Å². The van der Waals surface area contributed by atoms with Gasteiger partial charge in [-0.15, -0.1) is 5.10 Å². The third kappa shape index (κ3) is 2.72. The number of aliphatic hydroxyl groups excluding tert-OH is 1. The zero-order chi connectivity index (χ0) is 14.8. The van der Waals surface area contributed by atoms with Crippen LogP contribution in [-0.4, -0.2) is 46.2 Å². The van der Waals surface area contributed by atoms with E-state index in [1.54, 1.807) is 16.7 Å². The van der Waals surface area contributed by atoms with Gasteiger partial charge in [0.1, 0.15) is 11.8 Å². The second-order valence-electron chi connectivity index (χ2n) is 4.58. The number of aliphatic hydroxyl groups is 1. The van der Waals surface area contributed by atoms with Crippen LogP contribution in [0.25, 0.3) is 5.65 Å². The predicted octanol–water partition coefficient (Wildman–Crippen LogP) is 0.212. The molecular formula is C12H12N6O3. The third-order valence-electron chi connectivity index (χ3n) is 3.12. The topological polar surface area (TPSA) is 129 Å². The van der Waals surface area contributed by atoms with E-state index in [9.17, 15) is 9.90 Å². The van der Waals surface area contributed by atoms with Crippen LogP contribution in [0.3, 0.4) is 0 Å². The number of tetrazole rings is 1. The fraction of sp³-hybridized carbons (Fsp3) is 0.250. The van der Waals surface area contributed by atoms with Crippen molar-refractivity contribution in [3.63, 3.8) is 0 Å². The monoisotopic (exact) mass is 288 g/mol. The van der Waals surface area contributed by atoms with E-state index in [2.05, 4.69) is 25.6 Å². The van der Waals surface area contributed by atoms with Gasteiger partial charge in [0.05, 0.1) is 0 Å². The SMILES string of the molecule is O=C(O)c1cn2cc(CCC(O)c3nnn[nH]3)ccc2n1. The Labute approximate surface area is 118 Å². The van der Waals surface area contributed by atoms with E-state index in [0.29, 0.717) is 24.3 Å². The largest absolute Gasteiger partial charge is 0.476 e. The van der Waals surface area contributed by atoms with Crippen molar-refractivity contribution in [2.24, 2.45) is 0 Å². The van der Waals surface area contributed by atoms with Crippen LogP contribution in [-0.2, 0) is 6.42 Å². The van der Waals surface area contributed by atoms with E-state index in [1.807, 2.05) is 6.07 Å². The van der Waals surface area contributed by atoms with Crippen molar-refractivity contribution in [3.8, 4) is 0 Å². The Balaban J connectivity index is 1.73. The van der Waals surface area contributed by atoms with Gasteiger partial charge in [-0.05, 0) is 34.9 Å². The van der Waals surface area contributed by atoms with Crippen LogP contribution in [0.15, 0.2) is 24.5 Å². The number of rotatable bonds is 5. The second-order valence-corrected chi connectivity index (χ2v) is 4.58. The molecule has 3 rings (SSSR count). The van der Waals surface area contributed by atoms with Gasteiger partial charge in [-0.2, -0.15) is 0 Å². The average Bonchev–Trinajstić information content (AvgIpc) is 3.13. The highest BCUT2D eigenvalue weighted by Crippen LogP contribution is 2.15. The summed E-state index contributed by atoms with van der Waals surface area (Å²) in [7, 11) is 0. The summed E-state index contributed by atoms with van der Waals surface area (Å²) in [6.07, 6.45) is 3.52. The van der Waals surface area contributed by atoms with Gasteiger partial charge < -0.3 is 14.6 Å². The fourth-order valence-electron chi connectivity index (χ4n) is 2.04. The van der Waals surface area contributed by atoms with Gasteiger partial charge in [0.2, 0.25) is 0 Å². The van der Waals surface area contributed by atoms with E-state index in [1.165, 1.54) is 6.20 Å². The molecule has 1 unspecified atom stereocenters. The quantitative estimate of drug-likeness (QED) is 0.612. The number of nitrogens with one attached hydrogen (secondary N) is 1. The Bertz CT molecular complexity index is 766. The van der Waals surface area contributed by atoms with Crippen molar-refractivity contribution in [2.75, 3.05) is 0 Å². The first-order valence-electron chi connectivity index (χ1n) is 6.26. The molecule has 0 amide bonds. The molecule has 0 spiro atoms. The molecule has 3 heterocycles. The molecule has 3 aromatic rings. The summed E-state index contributed by atoms with van der Waals surface area (Å²) in [5, 5.41) is 31.8. The number of carboxylic acids is 1. The number of carbonyl (C=O) groups is 1. The first kappa shape index (κ1) is 13.2. The Morgan fingerprint density at radius 3 is 2.95 bits per heavy atom. The summed E-state index contributed by atoms with van der Waals surface area (Å²) in [6.45, 7) is 0. The fourth-order valence-corrected chi connectivity index (χ4v) is 2.04. The molecule has 0 saturated heterocycles. The molecule has 108 valence electrons. The van der Waals surface area contributed by atoms with Crippen LogP contribution in [0.2, 0.25) is 0 Å². The molecule has 3 aromatic heterocycles. The lowest BCUT2D eigenvalue weighted by Crippen LogP contribution is -2.02. The zero-order valence-electron chi connectivity index (χ0n) is 10.8. The van der Waals surface area contributed by atoms with Gasteiger partial charge in [0.25, 0.3) is 0 Å². The Morgan fingerprint density at radius 2 is 2.24 bits per heavy atom. The van der Waals surface area contributed by atoms with Crippen LogP contribution < -0.4 is 0 Å². The minimum absolute atomic E-state index is 0.0000750. The number of hydrogen-bond acceptors (Lipinski definition) is 6. The number of imidazole rings is 1. The van der Waals surface area contributed by atoms with Gasteiger partial charge in [0, 0.05) is 12.4 Å². The molecule has 0 fully saturated rings. The first-order valence-corrected chi connectivity index (χ1v) is 6.26. The normalized spacial score (nSPS) is 12.6. The van der Waals surface area contributed by atoms with Gasteiger partial charge in [0.15, 0.2) is 11.5 Å². The Hall–Kier alpha value is -2.81. The molecule has 21 heavy (non-hydrogen) atoms. The average molecular weight is 288 g/mol. The molecule has 0 aromatic carbocycles. The smallest absolute Gasteiger partial charge is 0.356 e. The van der Waals surface area contributed by atoms with Crippen molar-refractivity contribution >= 4 is 11.6 Å². The number of carboxylic acid groups (broad SMARTS) is 1. The maximum absolute atomic E-state index is 10.9. The maximum atomic E-state index is 10.9. The number of hydrogen-bond donors (Lipinski definition) is 3. The summed E-state index contributed by atoms with van der Waals surface area (Å²) in [4.78, 5) is 14.8. The van der Waals surface area contributed by atoms with Crippen LogP contribution in [0.5, 0.6) is 0 Å². The van der Waals surface area contributed by atoms with E-state index in [0.717, 1.165) is 5.56 Å². The summed E-state index contributed by atoms with van der Waals surface area (Å²) in [5.41, 5.74) is 1.51. The van der Waals surface area contributed by atoms with Gasteiger partial charge in [-0.3, -0.25) is 0 Å². The molecule has 0 radical (unpaired) electrons. The van der Waals surface area contributed by atoms with E-state index in [4.69, 9.17) is 5.11 Å². The van der Waals surface area contributed by atoms with Crippen LogP contribution in [0, 0.1) is 0 Å². The third-order valence-corrected chi connectivity index (χ3v) is 3.12. The highest BCUT2D eigenvalue weighted by atomic mass is 16.4. The number of fused-ring (bicyclic) bond motifs is 1. The number of aryl methyl sites for hydroxylation is 1. The number of aromatic carboxylic acids is 1. The maximum Gasteiger partial charge on any atom is 0.356 e. The number of aromatic nitrogens is 6. The lowest BCUT2D eigenvalue weighted by Gasteiger charge is -2.06. The van der Waals surface area contributed by atoms with E-state index < -0.39 is 12.1 Å². The molecular weight excluding hydrogens is 276 g/mol. The number of H-pyrrole nitrogens is 1. The lowest BCUT2D eigenvalue weighted by molar-refractivity contribution is 0.0691. The second kappa shape index (κ2) is 5.29. The van der Waals surface area contributed by atoms with Gasteiger partial charge in [-0.25, -0.2) is 14.9 Å². The highest BCUT2D eigenvalue weighted by Gasteiger charge is 2.12. The molecule has 0 aliphatic heterocycles. The predicted molar refractivity (Wildman–Crippen MR) is 69.6 cm³/mol. The summed E-state index contributed by atoms with van der Waals surface area (Å²) < 4.78 is 1.65. The van der Waals surface area contributed by atoms with Crippen LogP contribution >= 0.6 is 0 Å². The van der Waals surface area contributed by atoms with Gasteiger partial charge in [-0.1, -0.05) is 6.07 Å². The lowest BCUT2D eigenvalue weighted by atomic mass is 10.1. The number of pyridine rings is 1. The molecule has 0 bridgehead atoms. The van der Waals surface area contributed by atoms with E-state index in [-0.39, 0.29) is 5.69 Å². The first-order chi connectivity index (χ1) is 10.1. The zero-order valence-corrected chi connectivity index (χ0v) is 10.8. The van der Waals surface area contributed by atoms with Crippen LogP contribution in [0.1, 0.15) is 34.4 Å². The summed E-state index contributed by atoms with van der Waals surface area (Å²) >= 11 is 0. The molecule has 0 aliphatic rings. The minimum atomic E-state index is -1.06. The van der Waals surface area contributed by atoms with Crippen molar-refractivity contribution < 1.29 is 15.0 Å². The molecule has 9 nitrogen and oxygen atoms in total. The molecule has 0 aliphatic carbocycles. The molecule has 9 heteroatoms. The van der Waals surface area contributed by atoms with Crippen molar-refractivity contribution in [3.05, 3.63) is 41.6 Å². The van der Waals surface area contributed by atoms with Crippen LogP contribution in [0.4, 0.5) is 0 Å². The van der Waals surface area contributed by atoms with E-state index >= 15 is 0 Å². The summed E-state index contributed by atoms with van der Waals surface area (Å²) in [6, 6.07) is 3.59. The Morgan fingerprint density at radius 1 is 1.38 bits per heavy atom. The standard InChI is InChI=1S/C12H12N6O3/c19-9(11-14-16-17-15-11)3-1-7-2-4-10-13-8(12(20)21)6-18(10)5-7/h2,4-6,9,19H,1,3H2,(H,20,21)(H,14,15,16,17). The summed E-state index contributed by atoms with van der Waals surface area (Å²) in [5.74, 6) is -0.736. The molecule has 3 N–H and O–H groups in total. The molecule has 1 atom stereocenters. The number of nitrogens with zero attached hydrogens (tertiary/aromatic N) is 5. The van der Waals surface area contributed by atoms with Crippen molar-refractivity contribution in [2.45, 2.75) is 18.9 Å². The number of aromatic amines is 1. The molecule has 0 saturated carbocycles. The van der Waals surface area contributed by atoms with Gasteiger partial charge >= 0.3 is 5.97 Å². The minimum Gasteiger partial charge on any atom is -0.476 e. The highest BCUT2D eigenvalue weighted by molar-refractivity contribution is 5.86. The van der Waals surface area contributed by atoms with Crippen molar-refractivity contribution in [1.82, 2.24) is 30.0 Å². The Kier molecular flexibility index (Phi) is 3.32.